The minimum absolute atomic E-state index is 0.117. The molecule has 0 aliphatic carbocycles. The lowest BCUT2D eigenvalue weighted by Gasteiger charge is -2.05. The van der Waals surface area contributed by atoms with Crippen LogP contribution in [-0.4, -0.2) is 15.5 Å². The first-order valence-electron chi connectivity index (χ1n) is 3.52. The van der Waals surface area contributed by atoms with E-state index in [0.29, 0.717) is 9.39 Å². The lowest BCUT2D eigenvalue weighted by Crippen LogP contribution is -2.31. The molecule has 1 heterocycles. The molecule has 0 spiro atoms. The topological polar surface area (TPSA) is 78.0 Å². The molecule has 0 fully saturated rings. The molecule has 0 unspecified atom stereocenters. The van der Waals surface area contributed by atoms with E-state index in [4.69, 9.17) is 5.73 Å². The molecular weight excluding hydrogens is 285 g/mol. The van der Waals surface area contributed by atoms with E-state index in [9.17, 15) is 9.59 Å². The second kappa shape index (κ2) is 3.86. The minimum atomic E-state index is -0.547. The number of primary amides is 1. The van der Waals surface area contributed by atoms with Crippen molar-refractivity contribution in [1.82, 2.24) is 9.55 Å². The summed E-state index contributed by atoms with van der Waals surface area (Å²) in [5, 5.41) is 0. The van der Waals surface area contributed by atoms with Gasteiger partial charge in [0.25, 0.3) is 5.56 Å². The van der Waals surface area contributed by atoms with Crippen molar-refractivity contribution in [3.8, 4) is 0 Å². The highest BCUT2D eigenvalue weighted by atomic mass is 127. The molecule has 6 heteroatoms. The molecule has 0 bridgehead atoms. The summed E-state index contributed by atoms with van der Waals surface area (Å²) in [4.78, 5) is 26.0. The van der Waals surface area contributed by atoms with Gasteiger partial charge in [0, 0.05) is 6.20 Å². The Hall–Kier alpha value is -0.920. The number of halogens is 1. The lowest BCUT2D eigenvalue weighted by atomic mass is 10.5. The van der Waals surface area contributed by atoms with Gasteiger partial charge in [-0.05, 0) is 29.5 Å². The average Bonchev–Trinajstić information content (AvgIpc) is 2.05. The molecule has 0 saturated carbocycles. The Labute approximate surface area is 88.1 Å². The van der Waals surface area contributed by atoms with E-state index in [1.54, 1.807) is 6.92 Å². The Balaban J connectivity index is 3.26. The van der Waals surface area contributed by atoms with Crippen LogP contribution in [0, 0.1) is 10.5 Å². The molecular formula is C7H8IN3O2. The van der Waals surface area contributed by atoms with Crippen LogP contribution in [0.15, 0.2) is 11.0 Å². The fraction of sp³-hybridized carbons (Fsp3) is 0.286. The Bertz CT molecular complexity index is 399. The van der Waals surface area contributed by atoms with E-state index in [-0.39, 0.29) is 12.1 Å². The first-order chi connectivity index (χ1) is 6.02. The van der Waals surface area contributed by atoms with Crippen LogP contribution in [0.4, 0.5) is 0 Å². The van der Waals surface area contributed by atoms with Crippen LogP contribution in [0.1, 0.15) is 5.82 Å². The molecule has 1 aromatic heterocycles. The zero-order valence-corrected chi connectivity index (χ0v) is 9.11. The summed E-state index contributed by atoms with van der Waals surface area (Å²) in [5.41, 5.74) is 4.75. The summed E-state index contributed by atoms with van der Waals surface area (Å²) in [6, 6.07) is 0. The number of hydrogen-bond acceptors (Lipinski definition) is 3. The van der Waals surface area contributed by atoms with Gasteiger partial charge in [0.05, 0.1) is 3.57 Å². The average molecular weight is 293 g/mol. The first-order valence-corrected chi connectivity index (χ1v) is 4.60. The minimum Gasteiger partial charge on any atom is -0.368 e. The van der Waals surface area contributed by atoms with Crippen LogP contribution in [0.2, 0.25) is 0 Å². The standard InChI is InChI=1S/C7H8IN3O2/c1-4-10-2-5(8)7(13)11(4)3-6(9)12/h2H,3H2,1H3,(H2,9,12). The highest BCUT2D eigenvalue weighted by Gasteiger charge is 2.06. The molecule has 2 N–H and O–H groups in total. The van der Waals surface area contributed by atoms with Gasteiger partial charge in [-0.3, -0.25) is 14.2 Å². The molecule has 0 aliphatic heterocycles. The van der Waals surface area contributed by atoms with Crippen LogP contribution >= 0.6 is 22.6 Å². The second-order valence-corrected chi connectivity index (χ2v) is 3.67. The van der Waals surface area contributed by atoms with Gasteiger partial charge < -0.3 is 5.73 Å². The maximum Gasteiger partial charge on any atom is 0.267 e. The van der Waals surface area contributed by atoms with Gasteiger partial charge in [0.2, 0.25) is 5.91 Å². The van der Waals surface area contributed by atoms with Gasteiger partial charge >= 0.3 is 0 Å². The van der Waals surface area contributed by atoms with Crippen molar-refractivity contribution in [2.24, 2.45) is 5.73 Å². The van der Waals surface area contributed by atoms with Crippen molar-refractivity contribution in [2.45, 2.75) is 13.5 Å². The van der Waals surface area contributed by atoms with Crippen LogP contribution in [0.3, 0.4) is 0 Å². The Morgan fingerprint density at radius 1 is 1.77 bits per heavy atom. The van der Waals surface area contributed by atoms with E-state index in [2.05, 4.69) is 4.98 Å². The third kappa shape index (κ3) is 2.27. The number of rotatable bonds is 2. The van der Waals surface area contributed by atoms with E-state index in [1.807, 2.05) is 22.6 Å². The van der Waals surface area contributed by atoms with Crippen LogP contribution < -0.4 is 11.3 Å². The monoisotopic (exact) mass is 293 g/mol. The largest absolute Gasteiger partial charge is 0.368 e. The number of nitrogens with two attached hydrogens (primary N) is 1. The molecule has 0 saturated heterocycles. The fourth-order valence-electron chi connectivity index (χ4n) is 0.893. The van der Waals surface area contributed by atoms with Gasteiger partial charge in [0.15, 0.2) is 0 Å². The summed E-state index contributed by atoms with van der Waals surface area (Å²) in [6.07, 6.45) is 1.47. The van der Waals surface area contributed by atoms with Crippen molar-refractivity contribution in [2.75, 3.05) is 0 Å². The van der Waals surface area contributed by atoms with Crippen LogP contribution in [0.25, 0.3) is 0 Å². The molecule has 13 heavy (non-hydrogen) atoms. The summed E-state index contributed by atoms with van der Waals surface area (Å²) in [6.45, 7) is 1.54. The van der Waals surface area contributed by atoms with Gasteiger partial charge in [0.1, 0.15) is 12.4 Å². The Morgan fingerprint density at radius 3 is 2.92 bits per heavy atom. The summed E-state index contributed by atoms with van der Waals surface area (Å²) < 4.78 is 1.73. The van der Waals surface area contributed by atoms with Crippen molar-refractivity contribution < 1.29 is 4.79 Å². The highest BCUT2D eigenvalue weighted by molar-refractivity contribution is 14.1. The maximum absolute atomic E-state index is 11.4. The van der Waals surface area contributed by atoms with Crippen molar-refractivity contribution in [3.63, 3.8) is 0 Å². The number of amides is 1. The molecule has 1 amide bonds. The number of aromatic nitrogens is 2. The fourth-order valence-corrected chi connectivity index (χ4v) is 1.32. The van der Waals surface area contributed by atoms with E-state index in [0.717, 1.165) is 0 Å². The van der Waals surface area contributed by atoms with Crippen molar-refractivity contribution >= 4 is 28.5 Å². The van der Waals surface area contributed by atoms with E-state index >= 15 is 0 Å². The summed E-state index contributed by atoms with van der Waals surface area (Å²) in [5.74, 6) is -0.0572. The maximum atomic E-state index is 11.4. The van der Waals surface area contributed by atoms with Gasteiger partial charge in [-0.25, -0.2) is 4.98 Å². The first kappa shape index (κ1) is 10.2. The summed E-state index contributed by atoms with van der Waals surface area (Å²) in [7, 11) is 0. The second-order valence-electron chi connectivity index (χ2n) is 2.51. The van der Waals surface area contributed by atoms with Gasteiger partial charge in [-0.1, -0.05) is 0 Å². The summed E-state index contributed by atoms with van der Waals surface area (Å²) >= 11 is 1.87. The third-order valence-corrected chi connectivity index (χ3v) is 2.26. The predicted octanol–water partition coefficient (Wildman–Crippen LogP) is -0.358. The van der Waals surface area contributed by atoms with Crippen LogP contribution in [-0.2, 0) is 11.3 Å². The lowest BCUT2D eigenvalue weighted by molar-refractivity contribution is -0.118. The molecule has 0 aromatic carbocycles. The quantitative estimate of drug-likeness (QED) is 0.756. The molecule has 1 rings (SSSR count). The number of hydrogen-bond donors (Lipinski definition) is 1. The predicted molar refractivity (Wildman–Crippen MR) is 55.1 cm³/mol. The third-order valence-electron chi connectivity index (χ3n) is 1.52. The molecule has 1 aromatic rings. The Morgan fingerprint density at radius 2 is 2.38 bits per heavy atom. The zero-order valence-electron chi connectivity index (χ0n) is 6.95. The Kier molecular flexibility index (Phi) is 3.02. The van der Waals surface area contributed by atoms with E-state index < -0.39 is 5.91 Å². The highest BCUT2D eigenvalue weighted by Crippen LogP contribution is 1.96. The van der Waals surface area contributed by atoms with Gasteiger partial charge in [-0.15, -0.1) is 0 Å². The van der Waals surface area contributed by atoms with Crippen molar-refractivity contribution in [3.05, 3.63) is 25.9 Å². The molecule has 0 radical (unpaired) electrons. The normalized spacial score (nSPS) is 10.0. The van der Waals surface area contributed by atoms with Crippen molar-refractivity contribution in [1.29, 1.82) is 0 Å². The zero-order chi connectivity index (χ0) is 10.0. The molecule has 70 valence electrons. The molecule has 0 aliphatic rings. The van der Waals surface area contributed by atoms with Gasteiger partial charge in [-0.2, -0.15) is 0 Å². The smallest absolute Gasteiger partial charge is 0.267 e. The number of aryl methyl sites for hydroxylation is 1. The molecule has 5 nitrogen and oxygen atoms in total. The molecule has 0 atom stereocenters. The number of nitrogens with zero attached hydrogens (tertiary/aromatic N) is 2. The number of carbonyl (C=O) groups is 1. The van der Waals surface area contributed by atoms with E-state index in [1.165, 1.54) is 10.8 Å². The SMILES string of the molecule is Cc1ncc(I)c(=O)n1CC(N)=O. The van der Waals surface area contributed by atoms with Crippen LogP contribution in [0.5, 0.6) is 0 Å². The number of carbonyl (C=O) groups excluding carboxylic acids is 1.